The molecule has 4 heterocycles. The number of nitrogens with one attached hydrogen (secondary N) is 1. The normalized spacial score (nSPS) is 15.3. The van der Waals surface area contributed by atoms with E-state index < -0.39 is 0 Å². The minimum absolute atomic E-state index is 0.613. The number of aromatic nitrogens is 5. The molecule has 3 aromatic heterocycles. The summed E-state index contributed by atoms with van der Waals surface area (Å²) in [6.45, 7) is 4.88. The molecule has 3 aromatic rings. The highest BCUT2D eigenvalue weighted by Crippen LogP contribution is 2.19. The third-order valence-electron chi connectivity index (χ3n) is 4.59. The lowest BCUT2D eigenvalue weighted by molar-refractivity contribution is 0.726. The number of anilines is 2. The molecule has 4 rings (SSSR count). The summed E-state index contributed by atoms with van der Waals surface area (Å²) in [5, 5.41) is 7.68. The average Bonchev–Trinajstić information content (AvgIpc) is 2.92. The molecule has 0 atom stereocenters. The van der Waals surface area contributed by atoms with Crippen molar-refractivity contribution in [3.63, 3.8) is 0 Å². The fourth-order valence-electron chi connectivity index (χ4n) is 3.29. The van der Waals surface area contributed by atoms with E-state index in [2.05, 4.69) is 42.4 Å². The zero-order chi connectivity index (χ0) is 17.1. The summed E-state index contributed by atoms with van der Waals surface area (Å²) < 4.78 is 1.73. The maximum Gasteiger partial charge on any atom is 0.254 e. The van der Waals surface area contributed by atoms with Crippen LogP contribution in [0.3, 0.4) is 0 Å². The molecule has 1 aliphatic heterocycles. The second-order valence-electron chi connectivity index (χ2n) is 6.53. The third-order valence-corrected chi connectivity index (χ3v) is 4.59. The van der Waals surface area contributed by atoms with Gasteiger partial charge in [0, 0.05) is 37.6 Å². The monoisotopic (exact) mass is 337 g/mol. The van der Waals surface area contributed by atoms with Crippen molar-refractivity contribution in [1.29, 1.82) is 0 Å². The minimum Gasteiger partial charge on any atom is -0.366 e. The Morgan fingerprint density at radius 1 is 1.08 bits per heavy atom. The topological polar surface area (TPSA) is 71.2 Å². The fourth-order valence-corrected chi connectivity index (χ4v) is 3.29. The summed E-state index contributed by atoms with van der Waals surface area (Å²) >= 11 is 0. The molecule has 0 bridgehead atoms. The smallest absolute Gasteiger partial charge is 0.254 e. The first-order chi connectivity index (χ1) is 12.3. The predicted octanol–water partition coefficient (Wildman–Crippen LogP) is 2.82. The molecular formula is C18H23N7. The van der Waals surface area contributed by atoms with Crippen LogP contribution in [-0.4, -0.2) is 37.7 Å². The van der Waals surface area contributed by atoms with E-state index in [0.717, 1.165) is 30.4 Å². The van der Waals surface area contributed by atoms with E-state index in [1.54, 1.807) is 4.52 Å². The number of hydrogen-bond donors (Lipinski definition) is 1. The van der Waals surface area contributed by atoms with Crippen LogP contribution in [0.5, 0.6) is 0 Å². The van der Waals surface area contributed by atoms with Crippen molar-refractivity contribution < 1.29 is 0 Å². The number of pyridine rings is 1. The molecule has 1 N–H and O–H groups in total. The van der Waals surface area contributed by atoms with Crippen LogP contribution in [0.4, 0.5) is 11.6 Å². The van der Waals surface area contributed by atoms with Gasteiger partial charge in [-0.3, -0.25) is 0 Å². The lowest BCUT2D eigenvalue weighted by Crippen LogP contribution is -2.25. The number of rotatable bonds is 4. The van der Waals surface area contributed by atoms with Gasteiger partial charge in [-0.25, -0.2) is 9.97 Å². The van der Waals surface area contributed by atoms with Crippen molar-refractivity contribution in [1.82, 2.24) is 24.6 Å². The molecule has 0 amide bonds. The maximum atomic E-state index is 4.58. The van der Waals surface area contributed by atoms with Crippen LogP contribution in [0.15, 0.2) is 30.7 Å². The molecule has 0 spiro atoms. The van der Waals surface area contributed by atoms with Crippen molar-refractivity contribution in [2.24, 2.45) is 0 Å². The Labute approximate surface area is 147 Å². The molecule has 0 saturated carbocycles. The molecule has 0 radical (unpaired) electrons. The summed E-state index contributed by atoms with van der Waals surface area (Å²) in [5.74, 6) is 2.59. The van der Waals surface area contributed by atoms with E-state index in [1.807, 2.05) is 19.2 Å². The Bertz CT molecular complexity index is 850. The number of fused-ring (bicyclic) bond motifs is 1. The summed E-state index contributed by atoms with van der Waals surface area (Å²) in [7, 11) is 0. The van der Waals surface area contributed by atoms with Gasteiger partial charge in [0.15, 0.2) is 0 Å². The zero-order valence-corrected chi connectivity index (χ0v) is 14.5. The van der Waals surface area contributed by atoms with Gasteiger partial charge in [-0.1, -0.05) is 12.8 Å². The van der Waals surface area contributed by atoms with E-state index in [1.165, 1.54) is 37.6 Å². The fraction of sp³-hybridized carbons (Fsp3) is 0.444. The number of nitrogens with zero attached hydrogens (tertiary/aromatic N) is 6. The SMILES string of the molecule is Cc1cc(NCc2ccnc(N3CCCCCC3)c2)n2ncnc2n1. The molecule has 130 valence electrons. The zero-order valence-electron chi connectivity index (χ0n) is 14.5. The Hall–Kier alpha value is -2.70. The second-order valence-corrected chi connectivity index (χ2v) is 6.53. The molecule has 25 heavy (non-hydrogen) atoms. The van der Waals surface area contributed by atoms with E-state index in [4.69, 9.17) is 0 Å². The van der Waals surface area contributed by atoms with Crippen molar-refractivity contribution >= 4 is 17.4 Å². The third kappa shape index (κ3) is 3.55. The summed E-state index contributed by atoms with van der Waals surface area (Å²) in [6, 6.07) is 6.23. The van der Waals surface area contributed by atoms with Gasteiger partial charge in [-0.2, -0.15) is 14.6 Å². The summed E-state index contributed by atoms with van der Waals surface area (Å²) in [6.07, 6.45) is 8.59. The van der Waals surface area contributed by atoms with E-state index in [9.17, 15) is 0 Å². The Kier molecular flexibility index (Phi) is 4.45. The predicted molar refractivity (Wildman–Crippen MR) is 97.8 cm³/mol. The standard InChI is InChI=1S/C18H23N7/c1-14-10-17(25-18(23-14)21-13-22-25)20-12-15-6-7-19-16(11-15)24-8-4-2-3-5-9-24/h6-7,10-11,13,20H,2-5,8-9,12H2,1H3. The van der Waals surface area contributed by atoms with Gasteiger partial charge in [0.2, 0.25) is 0 Å². The highest BCUT2D eigenvalue weighted by molar-refractivity contribution is 5.46. The molecule has 7 heteroatoms. The first-order valence-corrected chi connectivity index (χ1v) is 8.91. The van der Waals surface area contributed by atoms with Gasteiger partial charge in [-0.15, -0.1) is 0 Å². The molecule has 1 aliphatic rings. The van der Waals surface area contributed by atoms with Gasteiger partial charge in [0.1, 0.15) is 18.0 Å². The van der Waals surface area contributed by atoms with Crippen LogP contribution < -0.4 is 10.2 Å². The van der Waals surface area contributed by atoms with Crippen molar-refractivity contribution in [2.45, 2.75) is 39.2 Å². The van der Waals surface area contributed by atoms with Gasteiger partial charge in [0.05, 0.1) is 0 Å². The lowest BCUT2D eigenvalue weighted by atomic mass is 10.2. The number of hydrogen-bond acceptors (Lipinski definition) is 6. The molecule has 1 saturated heterocycles. The highest BCUT2D eigenvalue weighted by atomic mass is 15.3. The first kappa shape index (κ1) is 15.8. The van der Waals surface area contributed by atoms with E-state index in [0.29, 0.717) is 12.3 Å². The largest absolute Gasteiger partial charge is 0.366 e. The molecule has 7 nitrogen and oxygen atoms in total. The highest BCUT2D eigenvalue weighted by Gasteiger charge is 2.11. The van der Waals surface area contributed by atoms with Crippen molar-refractivity contribution in [3.05, 3.63) is 42.0 Å². The van der Waals surface area contributed by atoms with Crippen molar-refractivity contribution in [2.75, 3.05) is 23.3 Å². The van der Waals surface area contributed by atoms with Crippen molar-refractivity contribution in [3.8, 4) is 0 Å². The van der Waals surface area contributed by atoms with Crippen LogP contribution in [0, 0.1) is 6.92 Å². The Balaban J connectivity index is 1.51. The second kappa shape index (κ2) is 7.04. The van der Waals surface area contributed by atoms with Gasteiger partial charge >= 0.3 is 0 Å². The Morgan fingerprint density at radius 3 is 2.76 bits per heavy atom. The van der Waals surface area contributed by atoms with Crippen LogP contribution >= 0.6 is 0 Å². The van der Waals surface area contributed by atoms with Crippen LogP contribution in [-0.2, 0) is 6.54 Å². The van der Waals surface area contributed by atoms with E-state index >= 15 is 0 Å². The molecule has 0 aliphatic carbocycles. The summed E-state index contributed by atoms with van der Waals surface area (Å²) in [5.41, 5.74) is 2.12. The van der Waals surface area contributed by atoms with Crippen LogP contribution in [0.1, 0.15) is 36.9 Å². The molecular weight excluding hydrogens is 314 g/mol. The molecule has 0 unspecified atom stereocenters. The lowest BCUT2D eigenvalue weighted by Gasteiger charge is -2.22. The quantitative estimate of drug-likeness (QED) is 0.789. The average molecular weight is 337 g/mol. The minimum atomic E-state index is 0.613. The van der Waals surface area contributed by atoms with E-state index in [-0.39, 0.29) is 0 Å². The van der Waals surface area contributed by atoms with Gasteiger partial charge in [0.25, 0.3) is 5.78 Å². The maximum absolute atomic E-state index is 4.58. The Morgan fingerprint density at radius 2 is 1.92 bits per heavy atom. The van der Waals surface area contributed by atoms with Gasteiger partial charge in [-0.05, 0) is 37.5 Å². The van der Waals surface area contributed by atoms with Gasteiger partial charge < -0.3 is 10.2 Å². The number of aryl methyl sites for hydroxylation is 1. The van der Waals surface area contributed by atoms with Crippen LogP contribution in [0.2, 0.25) is 0 Å². The summed E-state index contributed by atoms with van der Waals surface area (Å²) in [4.78, 5) is 15.5. The first-order valence-electron chi connectivity index (χ1n) is 8.91. The van der Waals surface area contributed by atoms with Crippen LogP contribution in [0.25, 0.3) is 5.78 Å². The molecule has 1 fully saturated rings. The molecule has 0 aromatic carbocycles.